The Morgan fingerprint density at radius 3 is 2.70 bits per heavy atom. The summed E-state index contributed by atoms with van der Waals surface area (Å²) in [4.78, 5) is 29.3. The number of hydrogen-bond donors (Lipinski definition) is 3. The van der Waals surface area contributed by atoms with Crippen molar-refractivity contribution in [2.45, 2.75) is 56.3 Å². The van der Waals surface area contributed by atoms with Crippen LogP contribution < -0.4 is 10.6 Å². The zero-order chi connectivity index (χ0) is 24.0. The lowest BCUT2D eigenvalue weighted by Gasteiger charge is -2.27. The lowest BCUT2D eigenvalue weighted by atomic mass is 10.0. The first-order valence-electron chi connectivity index (χ1n) is 10.9. The number of rotatable bonds is 8. The molecule has 3 N–H and O–H groups in total. The van der Waals surface area contributed by atoms with E-state index in [0.29, 0.717) is 19.3 Å². The van der Waals surface area contributed by atoms with E-state index in [0.717, 1.165) is 0 Å². The maximum atomic E-state index is 13.0. The molecule has 0 bridgehead atoms. The van der Waals surface area contributed by atoms with Crippen LogP contribution in [0.15, 0.2) is 52.2 Å². The molecule has 0 spiro atoms. The molecule has 0 saturated carbocycles. The number of amides is 2. The summed E-state index contributed by atoms with van der Waals surface area (Å²) in [5.74, 6) is -0.722. The van der Waals surface area contributed by atoms with Crippen molar-refractivity contribution < 1.29 is 27.5 Å². The highest BCUT2D eigenvalue weighted by atomic mass is 32.2. The Morgan fingerprint density at radius 1 is 1.27 bits per heavy atom. The number of hydrogen-bond acceptors (Lipinski definition) is 7. The van der Waals surface area contributed by atoms with Gasteiger partial charge >= 0.3 is 0 Å². The van der Waals surface area contributed by atoms with Crippen LogP contribution in [0.3, 0.4) is 0 Å². The Kier molecular flexibility index (Phi) is 8.22. The van der Waals surface area contributed by atoms with Crippen LogP contribution in [-0.4, -0.2) is 65.9 Å². The van der Waals surface area contributed by atoms with Gasteiger partial charge in [-0.2, -0.15) is 4.31 Å². The Balaban J connectivity index is 1.67. The van der Waals surface area contributed by atoms with Crippen molar-refractivity contribution in [1.29, 1.82) is 0 Å². The fourth-order valence-corrected chi connectivity index (χ4v) is 5.18. The fraction of sp³-hybridized carbons (Fsp3) is 0.500. The van der Waals surface area contributed by atoms with E-state index in [1.807, 2.05) is 13.8 Å². The standard InChI is InChI=1S/C22H30N4O6S/c1-15(2)13-17(25-22(29)19-8-6-12-32-19)21(28)24-16-7-5-11-26(14-18(16)27)33(30,31)20-9-3-4-10-23-20/h3-4,6,8-10,12,15-18,27H,5,7,11,13-14H2,1-2H3,(H,24,28)(H,25,29)/t16?,17?,18-/m0/s1. The summed E-state index contributed by atoms with van der Waals surface area (Å²) in [5.41, 5.74) is 0. The molecule has 0 aromatic carbocycles. The van der Waals surface area contributed by atoms with Crippen LogP contribution in [-0.2, 0) is 14.8 Å². The molecule has 3 rings (SSSR count). The van der Waals surface area contributed by atoms with Gasteiger partial charge in [0.25, 0.3) is 15.9 Å². The molecule has 0 aliphatic carbocycles. The lowest BCUT2D eigenvalue weighted by Crippen LogP contribution is -2.54. The number of pyridine rings is 1. The van der Waals surface area contributed by atoms with E-state index in [9.17, 15) is 23.1 Å². The van der Waals surface area contributed by atoms with E-state index in [-0.39, 0.29) is 29.8 Å². The summed E-state index contributed by atoms with van der Waals surface area (Å²) >= 11 is 0. The van der Waals surface area contributed by atoms with Crippen LogP contribution in [0.1, 0.15) is 43.7 Å². The maximum Gasteiger partial charge on any atom is 0.287 e. The number of aliphatic hydroxyl groups is 1. The first kappa shape index (κ1) is 24.9. The van der Waals surface area contributed by atoms with E-state index in [1.54, 1.807) is 18.2 Å². The molecule has 11 heteroatoms. The summed E-state index contributed by atoms with van der Waals surface area (Å²) in [6.07, 6.45) is 2.88. The van der Waals surface area contributed by atoms with Gasteiger partial charge in [-0.3, -0.25) is 9.59 Å². The van der Waals surface area contributed by atoms with Gasteiger partial charge in [-0.1, -0.05) is 19.9 Å². The third-order valence-electron chi connectivity index (χ3n) is 5.42. The van der Waals surface area contributed by atoms with Crippen LogP contribution in [0.5, 0.6) is 0 Å². The van der Waals surface area contributed by atoms with Gasteiger partial charge in [0, 0.05) is 19.3 Å². The predicted octanol–water partition coefficient (Wildman–Crippen LogP) is 1.15. The minimum absolute atomic E-state index is 0.0858. The summed E-state index contributed by atoms with van der Waals surface area (Å²) in [5, 5.41) is 16.1. The van der Waals surface area contributed by atoms with Crippen molar-refractivity contribution in [2.75, 3.05) is 13.1 Å². The number of furan rings is 1. The highest BCUT2D eigenvalue weighted by Crippen LogP contribution is 2.20. The fourth-order valence-electron chi connectivity index (χ4n) is 3.75. The Labute approximate surface area is 193 Å². The summed E-state index contributed by atoms with van der Waals surface area (Å²) in [7, 11) is -3.86. The van der Waals surface area contributed by atoms with Crippen molar-refractivity contribution in [3.8, 4) is 0 Å². The molecule has 1 saturated heterocycles. The van der Waals surface area contributed by atoms with Gasteiger partial charge in [-0.15, -0.1) is 0 Å². The van der Waals surface area contributed by atoms with Crippen LogP contribution >= 0.6 is 0 Å². The molecule has 3 heterocycles. The molecule has 180 valence electrons. The molecule has 2 amide bonds. The molecular formula is C22H30N4O6S. The molecule has 1 aliphatic rings. The van der Waals surface area contributed by atoms with Crippen molar-refractivity contribution in [3.05, 3.63) is 48.6 Å². The second kappa shape index (κ2) is 10.9. The first-order chi connectivity index (χ1) is 15.7. The second-order valence-corrected chi connectivity index (χ2v) is 10.4. The zero-order valence-electron chi connectivity index (χ0n) is 18.7. The van der Waals surface area contributed by atoms with Gasteiger partial charge < -0.3 is 20.2 Å². The highest BCUT2D eigenvalue weighted by Gasteiger charge is 2.35. The van der Waals surface area contributed by atoms with Gasteiger partial charge in [0.1, 0.15) is 6.04 Å². The van der Waals surface area contributed by atoms with Gasteiger partial charge in [-0.05, 0) is 49.4 Å². The summed E-state index contributed by atoms with van der Waals surface area (Å²) < 4.78 is 32.1. The lowest BCUT2D eigenvalue weighted by molar-refractivity contribution is -0.125. The Bertz CT molecular complexity index is 1030. The molecule has 3 atom stereocenters. The molecule has 2 aromatic rings. The summed E-state index contributed by atoms with van der Waals surface area (Å²) in [6, 6.07) is 6.22. The number of nitrogens with zero attached hydrogens (tertiary/aromatic N) is 2. The number of sulfonamides is 1. The van der Waals surface area contributed by atoms with Crippen molar-refractivity contribution in [3.63, 3.8) is 0 Å². The highest BCUT2D eigenvalue weighted by molar-refractivity contribution is 7.89. The number of aromatic nitrogens is 1. The number of nitrogens with one attached hydrogen (secondary N) is 2. The molecule has 2 aromatic heterocycles. The number of carbonyl (C=O) groups is 2. The second-order valence-electron chi connectivity index (χ2n) is 8.49. The average molecular weight is 479 g/mol. The van der Waals surface area contributed by atoms with Crippen LogP contribution in [0.25, 0.3) is 0 Å². The topological polar surface area (TPSA) is 142 Å². The predicted molar refractivity (Wildman–Crippen MR) is 120 cm³/mol. The Hall–Kier alpha value is -2.76. The zero-order valence-corrected chi connectivity index (χ0v) is 19.5. The van der Waals surface area contributed by atoms with Crippen molar-refractivity contribution in [1.82, 2.24) is 19.9 Å². The van der Waals surface area contributed by atoms with Gasteiger partial charge in [0.15, 0.2) is 10.8 Å². The van der Waals surface area contributed by atoms with Gasteiger partial charge in [0.2, 0.25) is 5.91 Å². The molecule has 0 radical (unpaired) electrons. The van der Waals surface area contributed by atoms with Crippen LogP contribution in [0, 0.1) is 5.92 Å². The molecule has 33 heavy (non-hydrogen) atoms. The van der Waals surface area contributed by atoms with E-state index in [4.69, 9.17) is 4.42 Å². The van der Waals surface area contributed by atoms with Crippen LogP contribution in [0.2, 0.25) is 0 Å². The monoisotopic (exact) mass is 478 g/mol. The largest absolute Gasteiger partial charge is 0.459 e. The van der Waals surface area contributed by atoms with Crippen molar-refractivity contribution in [2.24, 2.45) is 5.92 Å². The third-order valence-corrected chi connectivity index (χ3v) is 7.20. The number of aliphatic hydroxyl groups excluding tert-OH is 1. The quantitative estimate of drug-likeness (QED) is 0.517. The number of β-amino-alcohol motifs (C(OH)–C–C–N with tert-alkyl or cyclic N) is 1. The van der Waals surface area contributed by atoms with Crippen LogP contribution in [0.4, 0.5) is 0 Å². The molecular weight excluding hydrogens is 448 g/mol. The molecule has 2 unspecified atom stereocenters. The smallest absolute Gasteiger partial charge is 0.287 e. The van der Waals surface area contributed by atoms with Crippen molar-refractivity contribution >= 4 is 21.8 Å². The number of carbonyl (C=O) groups excluding carboxylic acids is 2. The molecule has 1 aliphatic heterocycles. The van der Waals surface area contributed by atoms with E-state index < -0.39 is 40.0 Å². The van der Waals surface area contributed by atoms with Gasteiger partial charge in [0.05, 0.1) is 18.4 Å². The normalized spacial score (nSPS) is 20.7. The minimum Gasteiger partial charge on any atom is -0.459 e. The average Bonchev–Trinajstić information content (AvgIpc) is 3.26. The van der Waals surface area contributed by atoms with E-state index in [2.05, 4.69) is 15.6 Å². The minimum atomic E-state index is -3.86. The van der Waals surface area contributed by atoms with Gasteiger partial charge in [-0.25, -0.2) is 13.4 Å². The maximum absolute atomic E-state index is 13.0. The summed E-state index contributed by atoms with van der Waals surface area (Å²) in [6.45, 7) is 3.89. The first-order valence-corrected chi connectivity index (χ1v) is 12.4. The SMILES string of the molecule is CC(C)CC(NC(=O)c1ccco1)C(=O)NC1CCCN(S(=O)(=O)c2ccccn2)C[C@@H]1O. The van der Waals surface area contributed by atoms with E-state index >= 15 is 0 Å². The third kappa shape index (κ3) is 6.40. The molecule has 10 nitrogen and oxygen atoms in total. The molecule has 1 fully saturated rings. The van der Waals surface area contributed by atoms with E-state index in [1.165, 1.54) is 28.9 Å². The Morgan fingerprint density at radius 2 is 2.06 bits per heavy atom.